The number of allylic oxidation sites excluding steroid dienone is 1. The Bertz CT molecular complexity index is 1270. The first-order valence-corrected chi connectivity index (χ1v) is 12.6. The maximum atomic E-state index is 13.1. The summed E-state index contributed by atoms with van der Waals surface area (Å²) < 4.78 is 19.2. The third-order valence-corrected chi connectivity index (χ3v) is 6.45. The third kappa shape index (κ3) is 5.60. The molecule has 0 fully saturated rings. The number of esters is 1. The van der Waals surface area contributed by atoms with Gasteiger partial charge >= 0.3 is 5.97 Å². The molecular weight excluding hydrogens is 503 g/mol. The van der Waals surface area contributed by atoms with E-state index in [1.807, 2.05) is 45.0 Å². The van der Waals surface area contributed by atoms with Crippen LogP contribution in [-0.2, 0) is 16.1 Å². The SMILES string of the molecule is CCCCOC(=O)C1=C(C)Nc2ncnn2C1c1ccc(OCc2ccc(Cl)c(Cl)c2)c(OCC)c1. The fourth-order valence-electron chi connectivity index (χ4n) is 3.92. The van der Waals surface area contributed by atoms with Crippen LogP contribution in [0.25, 0.3) is 0 Å². The number of carbonyl (C=O) groups excluding carboxylic acids is 1. The van der Waals surface area contributed by atoms with E-state index in [2.05, 4.69) is 15.4 Å². The molecule has 0 bridgehead atoms. The lowest BCUT2D eigenvalue weighted by atomic mass is 9.95. The number of ether oxygens (including phenoxy) is 3. The highest BCUT2D eigenvalue weighted by Crippen LogP contribution is 2.39. The number of fused-ring (bicyclic) bond motifs is 1. The van der Waals surface area contributed by atoms with Gasteiger partial charge < -0.3 is 19.5 Å². The highest BCUT2D eigenvalue weighted by Gasteiger charge is 2.35. The topological polar surface area (TPSA) is 87.5 Å². The number of benzene rings is 2. The van der Waals surface area contributed by atoms with Gasteiger partial charge in [-0.25, -0.2) is 9.48 Å². The van der Waals surface area contributed by atoms with E-state index in [9.17, 15) is 4.79 Å². The van der Waals surface area contributed by atoms with Crippen LogP contribution < -0.4 is 14.8 Å². The van der Waals surface area contributed by atoms with Crippen molar-refractivity contribution in [3.63, 3.8) is 0 Å². The standard InChI is InChI=1S/C26H28Cl2N4O4/c1-4-6-11-35-25(33)23-16(3)31-26-29-15-30-32(26)24(23)18-8-10-21(22(13-18)34-5-2)36-14-17-7-9-19(27)20(28)12-17/h7-10,12-13,15,24H,4-6,11,14H2,1-3H3,(H,29,30,31). The predicted molar refractivity (Wildman–Crippen MR) is 139 cm³/mol. The molecule has 10 heteroatoms. The quantitative estimate of drug-likeness (QED) is 0.246. The van der Waals surface area contributed by atoms with Crippen LogP contribution >= 0.6 is 23.2 Å². The Balaban J connectivity index is 1.66. The number of carbonyl (C=O) groups is 1. The van der Waals surface area contributed by atoms with Crippen molar-refractivity contribution in [2.24, 2.45) is 0 Å². The lowest BCUT2D eigenvalue weighted by molar-refractivity contribution is -0.139. The van der Waals surface area contributed by atoms with Crippen molar-refractivity contribution < 1.29 is 19.0 Å². The second kappa shape index (κ2) is 11.7. The highest BCUT2D eigenvalue weighted by atomic mass is 35.5. The predicted octanol–water partition coefficient (Wildman–Crippen LogP) is 6.19. The summed E-state index contributed by atoms with van der Waals surface area (Å²) in [7, 11) is 0. The van der Waals surface area contributed by atoms with E-state index < -0.39 is 12.0 Å². The van der Waals surface area contributed by atoms with Gasteiger partial charge in [0.05, 0.1) is 28.8 Å². The molecule has 1 unspecified atom stereocenters. The number of nitrogens with one attached hydrogen (secondary N) is 1. The first-order valence-electron chi connectivity index (χ1n) is 11.8. The van der Waals surface area contributed by atoms with Gasteiger partial charge in [-0.15, -0.1) is 0 Å². The van der Waals surface area contributed by atoms with Gasteiger partial charge in [-0.2, -0.15) is 10.1 Å². The van der Waals surface area contributed by atoms with Crippen molar-refractivity contribution in [3.8, 4) is 11.5 Å². The van der Waals surface area contributed by atoms with Crippen LogP contribution in [0.4, 0.5) is 5.95 Å². The number of nitrogens with zero attached hydrogens (tertiary/aromatic N) is 3. The van der Waals surface area contributed by atoms with Gasteiger partial charge in [0.1, 0.15) is 19.0 Å². The van der Waals surface area contributed by atoms with Gasteiger partial charge in [0.15, 0.2) is 11.5 Å². The lowest BCUT2D eigenvalue weighted by Gasteiger charge is -2.28. The van der Waals surface area contributed by atoms with Crippen molar-refractivity contribution in [3.05, 3.63) is 75.2 Å². The summed E-state index contributed by atoms with van der Waals surface area (Å²) in [6.07, 6.45) is 3.18. The molecule has 1 aliphatic rings. The number of halogens is 2. The second-order valence-electron chi connectivity index (χ2n) is 8.26. The average Bonchev–Trinajstić information content (AvgIpc) is 3.32. The Morgan fingerprint density at radius 1 is 1.08 bits per heavy atom. The largest absolute Gasteiger partial charge is 0.490 e. The average molecular weight is 531 g/mol. The van der Waals surface area contributed by atoms with Crippen molar-refractivity contribution >= 4 is 35.1 Å². The fourth-order valence-corrected chi connectivity index (χ4v) is 4.24. The molecule has 1 N–H and O–H groups in total. The summed E-state index contributed by atoms with van der Waals surface area (Å²) in [6.45, 7) is 6.86. The number of anilines is 1. The van der Waals surface area contributed by atoms with E-state index in [1.165, 1.54) is 6.33 Å². The van der Waals surface area contributed by atoms with Crippen molar-refractivity contribution in [1.29, 1.82) is 0 Å². The fraction of sp³-hybridized carbons (Fsp3) is 0.346. The van der Waals surface area contributed by atoms with Gasteiger partial charge in [0, 0.05) is 5.70 Å². The van der Waals surface area contributed by atoms with Crippen LogP contribution in [0.1, 0.15) is 50.8 Å². The van der Waals surface area contributed by atoms with Gasteiger partial charge in [-0.1, -0.05) is 48.7 Å². The van der Waals surface area contributed by atoms with Crippen LogP contribution in [0.3, 0.4) is 0 Å². The first kappa shape index (κ1) is 25.9. The molecule has 2 aromatic carbocycles. The van der Waals surface area contributed by atoms with Gasteiger partial charge in [0.25, 0.3) is 0 Å². The van der Waals surface area contributed by atoms with Crippen molar-refractivity contribution in [2.75, 3.05) is 18.5 Å². The Morgan fingerprint density at radius 3 is 2.67 bits per heavy atom. The summed E-state index contributed by atoms with van der Waals surface area (Å²) in [5, 5.41) is 8.48. The zero-order valence-corrected chi connectivity index (χ0v) is 21.9. The summed E-state index contributed by atoms with van der Waals surface area (Å²) >= 11 is 12.2. The Morgan fingerprint density at radius 2 is 1.92 bits per heavy atom. The van der Waals surface area contributed by atoms with E-state index in [0.717, 1.165) is 24.0 Å². The summed E-state index contributed by atoms with van der Waals surface area (Å²) in [4.78, 5) is 17.4. The lowest BCUT2D eigenvalue weighted by Crippen LogP contribution is -2.29. The minimum Gasteiger partial charge on any atom is -0.490 e. The maximum absolute atomic E-state index is 13.1. The van der Waals surface area contributed by atoms with Gasteiger partial charge in [-0.3, -0.25) is 0 Å². The molecular formula is C26H28Cl2N4O4. The number of rotatable bonds is 10. The molecule has 2 heterocycles. The molecule has 1 atom stereocenters. The maximum Gasteiger partial charge on any atom is 0.338 e. The Labute approximate surface area is 220 Å². The molecule has 1 aromatic heterocycles. The van der Waals surface area contributed by atoms with E-state index >= 15 is 0 Å². The molecule has 0 radical (unpaired) electrons. The Kier molecular flexibility index (Phi) is 8.38. The minimum absolute atomic E-state index is 0.283. The van der Waals surface area contributed by atoms with Crippen LogP contribution in [0, 0.1) is 0 Å². The highest BCUT2D eigenvalue weighted by molar-refractivity contribution is 6.42. The summed E-state index contributed by atoms with van der Waals surface area (Å²) in [6, 6.07) is 10.4. The second-order valence-corrected chi connectivity index (χ2v) is 9.07. The van der Waals surface area contributed by atoms with Gasteiger partial charge in [-0.05, 0) is 55.7 Å². The van der Waals surface area contributed by atoms with E-state index in [1.54, 1.807) is 16.8 Å². The molecule has 3 aromatic rings. The number of hydrogen-bond donors (Lipinski definition) is 1. The number of unbranched alkanes of at least 4 members (excludes halogenated alkanes) is 1. The Hall–Kier alpha value is -3.23. The molecule has 0 saturated heterocycles. The number of aromatic nitrogens is 3. The molecule has 8 nitrogen and oxygen atoms in total. The first-order chi connectivity index (χ1) is 17.4. The molecule has 190 valence electrons. The van der Waals surface area contributed by atoms with Crippen LogP contribution in [0.2, 0.25) is 10.0 Å². The molecule has 0 saturated carbocycles. The van der Waals surface area contributed by atoms with E-state index in [4.69, 9.17) is 37.4 Å². The van der Waals surface area contributed by atoms with Gasteiger partial charge in [0.2, 0.25) is 5.95 Å². The van der Waals surface area contributed by atoms with Crippen LogP contribution in [0.15, 0.2) is 54.0 Å². The zero-order valence-electron chi connectivity index (χ0n) is 20.4. The normalized spacial score (nSPS) is 14.8. The molecule has 1 aliphatic heterocycles. The van der Waals surface area contributed by atoms with Crippen LogP contribution in [0.5, 0.6) is 11.5 Å². The molecule has 0 amide bonds. The number of hydrogen-bond acceptors (Lipinski definition) is 7. The minimum atomic E-state index is -0.541. The van der Waals surface area contributed by atoms with E-state index in [0.29, 0.717) is 52.0 Å². The summed E-state index contributed by atoms with van der Waals surface area (Å²) in [5.41, 5.74) is 2.79. The third-order valence-electron chi connectivity index (χ3n) is 5.71. The van der Waals surface area contributed by atoms with Crippen molar-refractivity contribution in [1.82, 2.24) is 14.8 Å². The van der Waals surface area contributed by atoms with Crippen molar-refractivity contribution in [2.45, 2.75) is 46.3 Å². The van der Waals surface area contributed by atoms with E-state index in [-0.39, 0.29) is 6.61 Å². The molecule has 4 rings (SSSR count). The molecule has 36 heavy (non-hydrogen) atoms. The zero-order chi connectivity index (χ0) is 25.7. The smallest absolute Gasteiger partial charge is 0.338 e. The molecule has 0 aliphatic carbocycles. The summed E-state index contributed by atoms with van der Waals surface area (Å²) in [5.74, 6) is 1.26. The monoisotopic (exact) mass is 530 g/mol. The molecule has 0 spiro atoms. The van der Waals surface area contributed by atoms with Crippen LogP contribution in [-0.4, -0.2) is 33.9 Å².